The number of nitrogens with one attached hydrogen (secondary N) is 1. The zero-order chi connectivity index (χ0) is 13.0. The Morgan fingerprint density at radius 2 is 1.89 bits per heavy atom. The van der Waals surface area contributed by atoms with Gasteiger partial charge in [-0.3, -0.25) is 0 Å². The third-order valence-electron chi connectivity index (χ3n) is 2.72. The van der Waals surface area contributed by atoms with E-state index in [9.17, 15) is 0 Å². The predicted octanol–water partition coefficient (Wildman–Crippen LogP) is 2.89. The maximum absolute atomic E-state index is 5.89. The number of ether oxygens (including phenoxy) is 1. The van der Waals surface area contributed by atoms with Crippen LogP contribution in [0.25, 0.3) is 0 Å². The Kier molecular flexibility index (Phi) is 5.33. The molecule has 0 aliphatic rings. The molecule has 102 valence electrons. The van der Waals surface area contributed by atoms with Gasteiger partial charge in [-0.1, -0.05) is 6.07 Å². The van der Waals surface area contributed by atoms with E-state index >= 15 is 0 Å². The van der Waals surface area contributed by atoms with E-state index in [0.717, 1.165) is 22.7 Å². The van der Waals surface area contributed by atoms with Gasteiger partial charge in [0.15, 0.2) is 0 Å². The number of methoxy groups -OCH3 is 1. The molecule has 0 saturated carbocycles. The Morgan fingerprint density at radius 1 is 1.11 bits per heavy atom. The van der Waals surface area contributed by atoms with E-state index in [0.29, 0.717) is 12.2 Å². The lowest BCUT2D eigenvalue weighted by Gasteiger charge is -2.10. The molecular weight excluding hydrogens is 262 g/mol. The number of anilines is 3. The molecule has 0 fully saturated rings. The summed E-state index contributed by atoms with van der Waals surface area (Å²) >= 11 is 0. The van der Waals surface area contributed by atoms with E-state index in [1.807, 2.05) is 36.4 Å². The number of hydrogen-bond donors (Lipinski definition) is 3. The number of halogens is 1. The molecule has 0 unspecified atom stereocenters. The number of rotatable bonds is 4. The summed E-state index contributed by atoms with van der Waals surface area (Å²) < 4.78 is 5.17. The Hall–Kier alpha value is -2.07. The molecule has 0 saturated heterocycles. The van der Waals surface area contributed by atoms with Gasteiger partial charge in [0.2, 0.25) is 0 Å². The van der Waals surface area contributed by atoms with E-state index < -0.39 is 0 Å². The summed E-state index contributed by atoms with van der Waals surface area (Å²) in [5, 5.41) is 3.29. The van der Waals surface area contributed by atoms with Crippen molar-refractivity contribution >= 4 is 29.5 Å². The summed E-state index contributed by atoms with van der Waals surface area (Å²) in [4.78, 5) is 0. The Bertz CT molecular complexity index is 546. The maximum Gasteiger partial charge on any atom is 0.120 e. The van der Waals surface area contributed by atoms with Crippen molar-refractivity contribution in [2.45, 2.75) is 6.54 Å². The van der Waals surface area contributed by atoms with Gasteiger partial charge in [-0.15, -0.1) is 12.4 Å². The van der Waals surface area contributed by atoms with E-state index in [-0.39, 0.29) is 12.4 Å². The second-order valence-electron chi connectivity index (χ2n) is 4.04. The molecule has 0 spiro atoms. The van der Waals surface area contributed by atoms with E-state index in [2.05, 4.69) is 5.32 Å². The first kappa shape index (κ1) is 15.0. The molecule has 5 N–H and O–H groups in total. The summed E-state index contributed by atoms with van der Waals surface area (Å²) in [6, 6.07) is 13.2. The Balaban J connectivity index is 0.00000180. The van der Waals surface area contributed by atoms with Crippen molar-refractivity contribution in [1.29, 1.82) is 0 Å². The maximum atomic E-state index is 5.89. The summed E-state index contributed by atoms with van der Waals surface area (Å²) in [5.41, 5.74) is 15.0. The molecule has 0 radical (unpaired) electrons. The molecule has 2 aromatic rings. The van der Waals surface area contributed by atoms with Crippen LogP contribution in [-0.2, 0) is 6.54 Å². The van der Waals surface area contributed by atoms with Gasteiger partial charge in [-0.2, -0.15) is 0 Å². The first-order chi connectivity index (χ1) is 8.69. The first-order valence-corrected chi connectivity index (χ1v) is 5.71. The monoisotopic (exact) mass is 279 g/mol. The van der Waals surface area contributed by atoms with Crippen LogP contribution in [0.5, 0.6) is 5.75 Å². The van der Waals surface area contributed by atoms with Crippen molar-refractivity contribution in [2.24, 2.45) is 0 Å². The van der Waals surface area contributed by atoms with Gasteiger partial charge < -0.3 is 21.5 Å². The quantitative estimate of drug-likeness (QED) is 0.753. The molecule has 0 amide bonds. The Morgan fingerprint density at radius 3 is 2.63 bits per heavy atom. The average Bonchev–Trinajstić information content (AvgIpc) is 2.40. The van der Waals surface area contributed by atoms with Gasteiger partial charge in [0.25, 0.3) is 0 Å². The summed E-state index contributed by atoms with van der Waals surface area (Å²) in [5.74, 6) is 0.820. The summed E-state index contributed by atoms with van der Waals surface area (Å²) in [6.45, 7) is 0.629. The second-order valence-corrected chi connectivity index (χ2v) is 4.04. The van der Waals surface area contributed by atoms with Gasteiger partial charge in [0.1, 0.15) is 5.75 Å². The molecule has 0 aromatic heterocycles. The van der Waals surface area contributed by atoms with Crippen LogP contribution >= 0.6 is 12.4 Å². The highest BCUT2D eigenvalue weighted by atomic mass is 35.5. The second kappa shape index (κ2) is 6.75. The highest BCUT2D eigenvalue weighted by Gasteiger charge is 2.00. The van der Waals surface area contributed by atoms with Crippen molar-refractivity contribution in [3.05, 3.63) is 48.0 Å². The van der Waals surface area contributed by atoms with E-state index in [1.54, 1.807) is 13.2 Å². The molecule has 2 rings (SSSR count). The minimum absolute atomic E-state index is 0. The number of hydrogen-bond acceptors (Lipinski definition) is 4. The molecule has 0 aliphatic heterocycles. The van der Waals surface area contributed by atoms with Crippen molar-refractivity contribution < 1.29 is 4.74 Å². The first-order valence-electron chi connectivity index (χ1n) is 5.71. The van der Waals surface area contributed by atoms with Crippen molar-refractivity contribution in [1.82, 2.24) is 0 Å². The molecule has 0 aliphatic carbocycles. The van der Waals surface area contributed by atoms with Crippen molar-refractivity contribution in [3.8, 4) is 5.75 Å². The van der Waals surface area contributed by atoms with Crippen LogP contribution in [-0.4, -0.2) is 7.11 Å². The summed E-state index contributed by atoms with van der Waals surface area (Å²) in [6.07, 6.45) is 0. The SMILES string of the molecule is COc1cccc(NCc2cc(N)ccc2N)c1.Cl. The zero-order valence-corrected chi connectivity index (χ0v) is 11.5. The van der Waals surface area contributed by atoms with Crippen LogP contribution in [0, 0.1) is 0 Å². The third kappa shape index (κ3) is 3.96. The van der Waals surface area contributed by atoms with Gasteiger partial charge >= 0.3 is 0 Å². The van der Waals surface area contributed by atoms with E-state index in [4.69, 9.17) is 16.2 Å². The van der Waals surface area contributed by atoms with Crippen LogP contribution in [0.1, 0.15) is 5.56 Å². The third-order valence-corrected chi connectivity index (χ3v) is 2.72. The smallest absolute Gasteiger partial charge is 0.120 e. The predicted molar refractivity (Wildman–Crippen MR) is 82.8 cm³/mol. The standard InChI is InChI=1S/C14H17N3O.ClH/c1-18-13-4-2-3-12(8-13)17-9-10-7-11(15)5-6-14(10)16;/h2-8,17H,9,15-16H2,1H3;1H. The molecule has 2 aromatic carbocycles. The van der Waals surface area contributed by atoms with Gasteiger partial charge in [0, 0.05) is 29.7 Å². The van der Waals surface area contributed by atoms with Crippen molar-refractivity contribution in [2.75, 3.05) is 23.9 Å². The lowest BCUT2D eigenvalue weighted by molar-refractivity contribution is 0.415. The van der Waals surface area contributed by atoms with Crippen LogP contribution in [0.2, 0.25) is 0 Å². The van der Waals surface area contributed by atoms with Crippen LogP contribution in [0.3, 0.4) is 0 Å². The van der Waals surface area contributed by atoms with Gasteiger partial charge in [0.05, 0.1) is 7.11 Å². The van der Waals surface area contributed by atoms with E-state index in [1.165, 1.54) is 0 Å². The van der Waals surface area contributed by atoms with Gasteiger partial charge in [-0.05, 0) is 35.9 Å². The summed E-state index contributed by atoms with van der Waals surface area (Å²) in [7, 11) is 1.65. The lowest BCUT2D eigenvalue weighted by atomic mass is 10.1. The Labute approximate surface area is 119 Å². The number of benzene rings is 2. The van der Waals surface area contributed by atoms with Gasteiger partial charge in [-0.25, -0.2) is 0 Å². The topological polar surface area (TPSA) is 73.3 Å². The lowest BCUT2D eigenvalue weighted by Crippen LogP contribution is -2.03. The molecule has 4 nitrogen and oxygen atoms in total. The van der Waals surface area contributed by atoms with Crippen LogP contribution < -0.4 is 21.5 Å². The van der Waals surface area contributed by atoms with Crippen LogP contribution in [0.15, 0.2) is 42.5 Å². The molecule has 19 heavy (non-hydrogen) atoms. The fourth-order valence-electron chi connectivity index (χ4n) is 1.71. The van der Waals surface area contributed by atoms with Crippen molar-refractivity contribution in [3.63, 3.8) is 0 Å². The average molecular weight is 280 g/mol. The largest absolute Gasteiger partial charge is 0.497 e. The fourth-order valence-corrected chi connectivity index (χ4v) is 1.71. The minimum Gasteiger partial charge on any atom is -0.497 e. The minimum atomic E-state index is 0. The highest BCUT2D eigenvalue weighted by Crippen LogP contribution is 2.20. The molecule has 0 atom stereocenters. The molecule has 0 bridgehead atoms. The zero-order valence-electron chi connectivity index (χ0n) is 10.7. The molecule has 0 heterocycles. The number of nitrogens with two attached hydrogens (primary N) is 2. The number of nitrogen functional groups attached to an aromatic ring is 2. The van der Waals surface area contributed by atoms with Crippen LogP contribution in [0.4, 0.5) is 17.1 Å². The normalized spacial score (nSPS) is 9.53. The molecular formula is C14H18ClN3O. The molecule has 5 heteroatoms. The fraction of sp³-hybridized carbons (Fsp3) is 0.143. The highest BCUT2D eigenvalue weighted by molar-refractivity contribution is 5.85.